The van der Waals surface area contributed by atoms with Crippen molar-refractivity contribution in [2.24, 2.45) is 0 Å². The number of carbonyl (C=O) groups is 1. The predicted octanol–water partition coefficient (Wildman–Crippen LogP) is 13.7. The lowest BCUT2D eigenvalue weighted by Gasteiger charge is -2.05. The number of hydrogen-bond donors (Lipinski definition) is 2. The lowest BCUT2D eigenvalue weighted by molar-refractivity contribution is -0.137. The summed E-state index contributed by atoms with van der Waals surface area (Å²) in [5.74, 6) is 0.414. The molecule has 0 bridgehead atoms. The maximum atomic E-state index is 10.5. The van der Waals surface area contributed by atoms with E-state index >= 15 is 0 Å². The van der Waals surface area contributed by atoms with Gasteiger partial charge in [-0.3, -0.25) is 4.79 Å². The van der Waals surface area contributed by atoms with Crippen LogP contribution >= 0.6 is 12.6 Å². The smallest absolute Gasteiger partial charge is 0.303 e. The monoisotopic (exact) mass is 583 g/mol. The topological polar surface area (TPSA) is 37.3 Å². The molecule has 1 N–H and O–H groups in total. The first kappa shape index (κ1) is 39.8. The predicted molar refractivity (Wildman–Crippen MR) is 183 cm³/mol. The number of unbranched alkanes of at least 4 members (excludes halogenated alkanes) is 33. The Labute approximate surface area is 258 Å². The Morgan fingerprint density at radius 2 is 0.450 bits per heavy atom. The summed E-state index contributed by atoms with van der Waals surface area (Å²) < 4.78 is 0. The van der Waals surface area contributed by atoms with Crippen LogP contribution in [0.5, 0.6) is 0 Å². The Balaban J connectivity index is 3.03. The highest BCUT2D eigenvalue weighted by atomic mass is 32.1. The van der Waals surface area contributed by atoms with Gasteiger partial charge in [0.05, 0.1) is 0 Å². The molecular formula is C37H74O2S. The van der Waals surface area contributed by atoms with Crippen LogP contribution in [0.1, 0.15) is 225 Å². The van der Waals surface area contributed by atoms with Crippen LogP contribution in [0.25, 0.3) is 0 Å². The highest BCUT2D eigenvalue weighted by Gasteiger charge is 1.98. The van der Waals surface area contributed by atoms with Crippen molar-refractivity contribution < 1.29 is 9.90 Å². The molecule has 3 heteroatoms. The van der Waals surface area contributed by atoms with Crippen molar-refractivity contribution in [2.45, 2.75) is 225 Å². The minimum atomic E-state index is -0.648. The van der Waals surface area contributed by atoms with Crippen molar-refractivity contribution >= 4 is 18.6 Å². The summed E-state index contributed by atoms with van der Waals surface area (Å²) in [6.45, 7) is 0. The van der Waals surface area contributed by atoms with E-state index in [9.17, 15) is 4.79 Å². The summed E-state index contributed by atoms with van der Waals surface area (Å²) in [6.07, 6.45) is 48.1. The molecule has 0 radical (unpaired) electrons. The Kier molecular flexibility index (Phi) is 36.7. The zero-order chi connectivity index (χ0) is 29.0. The SMILES string of the molecule is O=C(O)CCCCCCCCCCCCCCCCCCCCCCCCCCCCCCCCCCCCS. The molecule has 0 spiro atoms. The summed E-state index contributed by atoms with van der Waals surface area (Å²) in [7, 11) is 0. The number of carboxylic acids is 1. The lowest BCUT2D eigenvalue weighted by Crippen LogP contribution is -1.93. The van der Waals surface area contributed by atoms with E-state index in [1.165, 1.54) is 205 Å². The lowest BCUT2D eigenvalue weighted by atomic mass is 10.0. The molecule has 0 aromatic heterocycles. The van der Waals surface area contributed by atoms with Gasteiger partial charge in [-0.2, -0.15) is 12.6 Å². The maximum Gasteiger partial charge on any atom is 0.303 e. The second-order valence-corrected chi connectivity index (χ2v) is 13.3. The molecule has 0 atom stereocenters. The molecule has 0 aromatic rings. The fourth-order valence-corrected chi connectivity index (χ4v) is 6.27. The molecule has 40 heavy (non-hydrogen) atoms. The van der Waals surface area contributed by atoms with Crippen LogP contribution in [0.4, 0.5) is 0 Å². The first-order valence-electron chi connectivity index (χ1n) is 18.6. The van der Waals surface area contributed by atoms with Gasteiger partial charge in [-0.1, -0.05) is 205 Å². The Bertz CT molecular complexity index is 467. The third-order valence-electron chi connectivity index (χ3n) is 8.80. The molecule has 0 aliphatic rings. The fraction of sp³-hybridized carbons (Fsp3) is 0.973. The molecule has 2 nitrogen and oxygen atoms in total. The van der Waals surface area contributed by atoms with Crippen molar-refractivity contribution in [3.63, 3.8) is 0 Å². The molecule has 0 aliphatic carbocycles. The van der Waals surface area contributed by atoms with Crippen LogP contribution in [0, 0.1) is 0 Å². The molecule has 0 fully saturated rings. The van der Waals surface area contributed by atoms with Gasteiger partial charge in [-0.05, 0) is 18.6 Å². The van der Waals surface area contributed by atoms with E-state index in [1.54, 1.807) is 0 Å². The third-order valence-corrected chi connectivity index (χ3v) is 9.11. The first-order chi connectivity index (χ1) is 19.8. The van der Waals surface area contributed by atoms with Crippen LogP contribution < -0.4 is 0 Å². The van der Waals surface area contributed by atoms with Gasteiger partial charge >= 0.3 is 5.97 Å². The molecule has 240 valence electrons. The summed E-state index contributed by atoms with van der Waals surface area (Å²) in [6, 6.07) is 0. The number of carboxylic acid groups (broad SMARTS) is 1. The van der Waals surface area contributed by atoms with Gasteiger partial charge in [0.2, 0.25) is 0 Å². The molecule has 0 aliphatic heterocycles. The largest absolute Gasteiger partial charge is 0.481 e. The average molecular weight is 583 g/mol. The molecular weight excluding hydrogens is 508 g/mol. The van der Waals surface area contributed by atoms with E-state index in [4.69, 9.17) is 5.11 Å². The van der Waals surface area contributed by atoms with Gasteiger partial charge in [0.15, 0.2) is 0 Å². The first-order valence-corrected chi connectivity index (χ1v) is 19.2. The van der Waals surface area contributed by atoms with Gasteiger partial charge in [-0.25, -0.2) is 0 Å². The highest BCUT2D eigenvalue weighted by molar-refractivity contribution is 7.80. The third kappa shape index (κ3) is 37.8. The van der Waals surface area contributed by atoms with E-state index in [-0.39, 0.29) is 0 Å². The number of hydrogen-bond acceptors (Lipinski definition) is 2. The van der Waals surface area contributed by atoms with Gasteiger partial charge in [0.1, 0.15) is 0 Å². The van der Waals surface area contributed by atoms with Gasteiger partial charge < -0.3 is 5.11 Å². The average Bonchev–Trinajstić information content (AvgIpc) is 2.95. The summed E-state index contributed by atoms with van der Waals surface area (Å²) >= 11 is 4.28. The van der Waals surface area contributed by atoms with Crippen LogP contribution in [0.2, 0.25) is 0 Å². The Morgan fingerprint density at radius 3 is 0.600 bits per heavy atom. The zero-order valence-electron chi connectivity index (χ0n) is 27.3. The maximum absolute atomic E-state index is 10.5. The normalized spacial score (nSPS) is 11.4. The summed E-state index contributed by atoms with van der Waals surface area (Å²) in [4.78, 5) is 10.5. The number of aliphatic carboxylic acids is 1. The van der Waals surface area contributed by atoms with Crippen LogP contribution in [-0.2, 0) is 4.79 Å². The Morgan fingerprint density at radius 1 is 0.300 bits per heavy atom. The minimum absolute atomic E-state index is 0.346. The second-order valence-electron chi connectivity index (χ2n) is 12.9. The second kappa shape index (κ2) is 36.8. The van der Waals surface area contributed by atoms with E-state index in [2.05, 4.69) is 12.6 Å². The molecule has 0 saturated heterocycles. The van der Waals surface area contributed by atoms with Crippen molar-refractivity contribution in [1.82, 2.24) is 0 Å². The van der Waals surface area contributed by atoms with Crippen molar-refractivity contribution in [3.8, 4) is 0 Å². The molecule has 0 unspecified atom stereocenters. The van der Waals surface area contributed by atoms with Gasteiger partial charge in [-0.15, -0.1) is 0 Å². The molecule has 0 heterocycles. The molecule has 0 saturated carbocycles. The standard InChI is InChI=1S/C37H74O2S/c38-37(39)35-33-31-29-27-25-23-21-19-17-15-13-11-9-7-5-3-1-2-4-6-8-10-12-14-16-18-20-22-24-26-28-30-32-34-36-40/h40H,1-36H2,(H,38,39). The number of rotatable bonds is 36. The summed E-state index contributed by atoms with van der Waals surface area (Å²) in [5, 5.41) is 8.63. The van der Waals surface area contributed by atoms with Crippen molar-refractivity contribution in [1.29, 1.82) is 0 Å². The van der Waals surface area contributed by atoms with E-state index in [0.717, 1.165) is 18.6 Å². The fourth-order valence-electron chi connectivity index (χ4n) is 6.04. The van der Waals surface area contributed by atoms with Crippen molar-refractivity contribution in [2.75, 3.05) is 5.75 Å². The van der Waals surface area contributed by atoms with E-state index in [1.807, 2.05) is 0 Å². The minimum Gasteiger partial charge on any atom is -0.481 e. The van der Waals surface area contributed by atoms with Gasteiger partial charge in [0, 0.05) is 6.42 Å². The number of thiol groups is 1. The molecule has 0 rings (SSSR count). The Hall–Kier alpha value is -0.180. The zero-order valence-corrected chi connectivity index (χ0v) is 28.2. The van der Waals surface area contributed by atoms with Crippen LogP contribution in [-0.4, -0.2) is 16.8 Å². The molecule has 0 aromatic carbocycles. The quantitative estimate of drug-likeness (QED) is 0.0569. The van der Waals surface area contributed by atoms with Crippen LogP contribution in [0.15, 0.2) is 0 Å². The molecule has 0 amide bonds. The summed E-state index contributed by atoms with van der Waals surface area (Å²) in [5.41, 5.74) is 0. The van der Waals surface area contributed by atoms with E-state index in [0.29, 0.717) is 6.42 Å². The van der Waals surface area contributed by atoms with Crippen LogP contribution in [0.3, 0.4) is 0 Å². The van der Waals surface area contributed by atoms with Gasteiger partial charge in [0.25, 0.3) is 0 Å². The van der Waals surface area contributed by atoms with Crippen molar-refractivity contribution in [3.05, 3.63) is 0 Å². The highest BCUT2D eigenvalue weighted by Crippen LogP contribution is 2.17. The van der Waals surface area contributed by atoms with E-state index < -0.39 is 5.97 Å².